The van der Waals surface area contributed by atoms with Gasteiger partial charge in [0.05, 0.1) is 0 Å². The fraction of sp³-hybridized carbons (Fsp3) is 0. The molecule has 26 heavy (non-hydrogen) atoms. The molecule has 5 rings (SSSR count). The Morgan fingerprint density at radius 1 is 0.538 bits per heavy atom. The number of benzene rings is 4. The number of hydrogen-bond donors (Lipinski definition) is 0. The third-order valence-electron chi connectivity index (χ3n) is 4.78. The van der Waals surface area contributed by atoms with E-state index in [1.165, 1.54) is 27.6 Å². The Kier molecular flexibility index (Phi) is 3.65. The molecule has 0 atom stereocenters. The molecule has 0 spiro atoms. The first-order valence-corrected chi connectivity index (χ1v) is 9.35. The van der Waals surface area contributed by atoms with E-state index in [1.807, 2.05) is 18.2 Å². The van der Waals surface area contributed by atoms with Gasteiger partial charge in [-0.15, -0.1) is 0 Å². The second-order valence-corrected chi connectivity index (χ2v) is 7.28. The summed E-state index contributed by atoms with van der Waals surface area (Å²) in [6, 6.07) is 31.6. The number of hydrogen-bond acceptors (Lipinski definition) is 1. The molecule has 0 aliphatic heterocycles. The highest BCUT2D eigenvalue weighted by Crippen LogP contribution is 2.37. The Morgan fingerprint density at radius 2 is 1.15 bits per heavy atom. The molecule has 0 radical (unpaired) electrons. The van der Waals surface area contributed by atoms with E-state index in [-0.39, 0.29) is 0 Å². The van der Waals surface area contributed by atoms with Gasteiger partial charge in [-0.3, -0.25) is 0 Å². The normalized spacial score (nSPS) is 11.3. The van der Waals surface area contributed by atoms with E-state index in [9.17, 15) is 0 Å². The van der Waals surface area contributed by atoms with Gasteiger partial charge in [0.1, 0.15) is 11.2 Å². The zero-order valence-electron chi connectivity index (χ0n) is 13.9. The monoisotopic (exact) mass is 398 g/mol. The van der Waals surface area contributed by atoms with Crippen molar-refractivity contribution in [3.63, 3.8) is 0 Å². The zero-order valence-corrected chi connectivity index (χ0v) is 15.5. The molecule has 0 saturated carbocycles. The predicted octanol–water partition coefficient (Wildman–Crippen LogP) is 7.68. The average Bonchev–Trinajstić information content (AvgIpc) is 3.07. The molecule has 2 heteroatoms. The molecular weight excluding hydrogens is 384 g/mol. The lowest BCUT2D eigenvalue weighted by Crippen LogP contribution is -1.82. The molecule has 0 fully saturated rings. The lowest BCUT2D eigenvalue weighted by molar-refractivity contribution is 0.669. The lowest BCUT2D eigenvalue weighted by Gasteiger charge is -2.07. The van der Waals surface area contributed by atoms with E-state index in [2.05, 4.69) is 88.7 Å². The summed E-state index contributed by atoms with van der Waals surface area (Å²) in [6.07, 6.45) is 0. The highest BCUT2D eigenvalue weighted by atomic mass is 79.9. The second kappa shape index (κ2) is 6.15. The molecule has 0 saturated heterocycles. The summed E-state index contributed by atoms with van der Waals surface area (Å²) < 4.78 is 7.11. The van der Waals surface area contributed by atoms with Crippen molar-refractivity contribution in [2.75, 3.05) is 0 Å². The van der Waals surface area contributed by atoms with Crippen molar-refractivity contribution < 1.29 is 4.42 Å². The Morgan fingerprint density at radius 3 is 1.92 bits per heavy atom. The van der Waals surface area contributed by atoms with Crippen LogP contribution in [-0.4, -0.2) is 0 Å². The first-order chi connectivity index (χ1) is 12.8. The van der Waals surface area contributed by atoms with Gasteiger partial charge in [0.2, 0.25) is 0 Å². The summed E-state index contributed by atoms with van der Waals surface area (Å²) in [7, 11) is 0. The van der Waals surface area contributed by atoms with E-state index in [0.29, 0.717) is 0 Å². The van der Waals surface area contributed by atoms with Crippen LogP contribution in [0, 0.1) is 0 Å². The molecule has 0 aliphatic carbocycles. The number of fused-ring (bicyclic) bond motifs is 3. The first kappa shape index (κ1) is 15.4. The van der Waals surface area contributed by atoms with Crippen LogP contribution in [0.3, 0.4) is 0 Å². The minimum Gasteiger partial charge on any atom is -0.456 e. The van der Waals surface area contributed by atoms with Gasteiger partial charge >= 0.3 is 0 Å². The second-order valence-electron chi connectivity index (χ2n) is 6.36. The van der Waals surface area contributed by atoms with Crippen molar-refractivity contribution in [3.8, 4) is 22.3 Å². The van der Waals surface area contributed by atoms with Crippen molar-refractivity contribution in [3.05, 3.63) is 95.5 Å². The molecule has 124 valence electrons. The standard InChI is InChI=1S/C24H15BrO/c25-19-14-12-17(13-15-19)16-8-10-18(11-9-16)20-5-3-7-23-24(20)21-4-1-2-6-22(21)26-23/h1-15H. The van der Waals surface area contributed by atoms with Gasteiger partial charge in [-0.25, -0.2) is 0 Å². The van der Waals surface area contributed by atoms with Crippen molar-refractivity contribution in [2.45, 2.75) is 0 Å². The lowest BCUT2D eigenvalue weighted by atomic mass is 9.97. The van der Waals surface area contributed by atoms with Gasteiger partial charge in [0.15, 0.2) is 0 Å². The molecule has 0 aliphatic rings. The highest BCUT2D eigenvalue weighted by molar-refractivity contribution is 9.10. The number of halogens is 1. The molecule has 0 bridgehead atoms. The van der Waals surface area contributed by atoms with Crippen molar-refractivity contribution in [1.82, 2.24) is 0 Å². The van der Waals surface area contributed by atoms with Gasteiger partial charge in [-0.1, -0.05) is 82.7 Å². The first-order valence-electron chi connectivity index (χ1n) is 8.56. The molecular formula is C24H15BrO. The van der Waals surface area contributed by atoms with Gasteiger partial charge < -0.3 is 4.42 Å². The van der Waals surface area contributed by atoms with Crippen LogP contribution in [0.4, 0.5) is 0 Å². The summed E-state index contributed by atoms with van der Waals surface area (Å²) in [5, 5.41) is 2.34. The van der Waals surface area contributed by atoms with Gasteiger partial charge in [0, 0.05) is 15.2 Å². The maximum atomic E-state index is 6.01. The molecule has 0 amide bonds. The third-order valence-corrected chi connectivity index (χ3v) is 5.30. The zero-order chi connectivity index (χ0) is 17.5. The topological polar surface area (TPSA) is 13.1 Å². The highest BCUT2D eigenvalue weighted by Gasteiger charge is 2.11. The van der Waals surface area contributed by atoms with Gasteiger partial charge in [-0.2, -0.15) is 0 Å². The van der Waals surface area contributed by atoms with Crippen LogP contribution in [0.25, 0.3) is 44.2 Å². The van der Waals surface area contributed by atoms with Crippen LogP contribution in [0.1, 0.15) is 0 Å². The average molecular weight is 399 g/mol. The smallest absolute Gasteiger partial charge is 0.136 e. The number of rotatable bonds is 2. The van der Waals surface area contributed by atoms with Crippen LogP contribution >= 0.6 is 15.9 Å². The third kappa shape index (κ3) is 2.54. The number of furan rings is 1. The molecule has 4 aromatic carbocycles. The van der Waals surface area contributed by atoms with Crippen LogP contribution in [0.15, 0.2) is 99.9 Å². The quantitative estimate of drug-likeness (QED) is 0.297. The molecule has 1 heterocycles. The number of para-hydroxylation sites is 1. The van der Waals surface area contributed by atoms with Crippen molar-refractivity contribution >= 4 is 37.9 Å². The van der Waals surface area contributed by atoms with Crippen molar-refractivity contribution in [1.29, 1.82) is 0 Å². The van der Waals surface area contributed by atoms with E-state index < -0.39 is 0 Å². The predicted molar refractivity (Wildman–Crippen MR) is 112 cm³/mol. The Balaban J connectivity index is 1.65. The van der Waals surface area contributed by atoms with E-state index in [4.69, 9.17) is 4.42 Å². The van der Waals surface area contributed by atoms with Crippen molar-refractivity contribution in [2.24, 2.45) is 0 Å². The van der Waals surface area contributed by atoms with Gasteiger partial charge in [0.25, 0.3) is 0 Å². The van der Waals surface area contributed by atoms with E-state index in [0.717, 1.165) is 21.0 Å². The minimum atomic E-state index is 0.931. The van der Waals surface area contributed by atoms with E-state index in [1.54, 1.807) is 0 Å². The molecule has 0 N–H and O–H groups in total. The molecule has 5 aromatic rings. The fourth-order valence-electron chi connectivity index (χ4n) is 3.50. The van der Waals surface area contributed by atoms with E-state index >= 15 is 0 Å². The Bertz CT molecular complexity index is 1220. The fourth-order valence-corrected chi connectivity index (χ4v) is 3.76. The summed E-state index contributed by atoms with van der Waals surface area (Å²) >= 11 is 3.49. The van der Waals surface area contributed by atoms with Crippen LogP contribution < -0.4 is 0 Å². The maximum absolute atomic E-state index is 6.01. The summed E-state index contributed by atoms with van der Waals surface area (Å²) in [4.78, 5) is 0. The summed E-state index contributed by atoms with van der Waals surface area (Å²) in [5.74, 6) is 0. The molecule has 1 nitrogen and oxygen atoms in total. The summed E-state index contributed by atoms with van der Waals surface area (Å²) in [6.45, 7) is 0. The summed E-state index contributed by atoms with van der Waals surface area (Å²) in [5.41, 5.74) is 6.69. The Labute approximate surface area is 160 Å². The maximum Gasteiger partial charge on any atom is 0.136 e. The Hall–Kier alpha value is -2.84. The SMILES string of the molecule is Brc1ccc(-c2ccc(-c3cccc4oc5ccccc5c34)cc2)cc1. The van der Waals surface area contributed by atoms with Crippen LogP contribution in [-0.2, 0) is 0 Å². The van der Waals surface area contributed by atoms with Gasteiger partial charge in [-0.05, 0) is 46.5 Å². The molecule has 0 unspecified atom stereocenters. The minimum absolute atomic E-state index is 0.931. The van der Waals surface area contributed by atoms with Crippen LogP contribution in [0.2, 0.25) is 0 Å². The van der Waals surface area contributed by atoms with Crippen LogP contribution in [0.5, 0.6) is 0 Å². The molecule has 1 aromatic heterocycles. The largest absolute Gasteiger partial charge is 0.456 e.